The molecule has 0 radical (unpaired) electrons. The maximum Gasteiger partial charge on any atom is 0.189 e. The Hall–Kier alpha value is -1.79. The largest absolute Gasteiger partial charge is 0.507 e. The average Bonchev–Trinajstić information content (AvgIpc) is 2.43. The van der Waals surface area contributed by atoms with Crippen LogP contribution in [0.2, 0.25) is 0 Å². The highest BCUT2D eigenvalue weighted by molar-refractivity contribution is 9.10. The molecule has 108 valence electrons. The minimum atomic E-state index is -0.451. The minimum Gasteiger partial charge on any atom is -0.507 e. The fourth-order valence-corrected chi connectivity index (χ4v) is 2.38. The molecule has 0 saturated carbocycles. The van der Waals surface area contributed by atoms with Crippen molar-refractivity contribution in [3.63, 3.8) is 0 Å². The Bertz CT molecular complexity index is 739. The van der Waals surface area contributed by atoms with Gasteiger partial charge >= 0.3 is 0 Å². The van der Waals surface area contributed by atoms with Crippen molar-refractivity contribution in [2.45, 2.75) is 0 Å². The van der Waals surface area contributed by atoms with E-state index in [2.05, 4.69) is 31.9 Å². The van der Waals surface area contributed by atoms with E-state index >= 15 is 0 Å². The minimum absolute atomic E-state index is 0.0401. The molecule has 21 heavy (non-hydrogen) atoms. The normalized spacial score (nSPS) is 11.0. The molecule has 0 unspecified atom stereocenters. The van der Waals surface area contributed by atoms with E-state index in [1.165, 1.54) is 24.3 Å². The third-order valence-corrected chi connectivity index (χ3v) is 3.86. The highest BCUT2D eigenvalue weighted by atomic mass is 79.9. The highest BCUT2D eigenvalue weighted by Crippen LogP contribution is 2.32. The number of aromatic hydroxyl groups is 3. The van der Waals surface area contributed by atoms with Crippen LogP contribution in [0.5, 0.6) is 17.2 Å². The van der Waals surface area contributed by atoms with Gasteiger partial charge < -0.3 is 15.3 Å². The average molecular weight is 414 g/mol. The molecule has 0 aliphatic heterocycles. The SMILES string of the molecule is O=C(/C=C\c1cc(Br)ccc1O)c1cc(Br)c(O)cc1O. The van der Waals surface area contributed by atoms with Gasteiger partial charge in [-0.3, -0.25) is 4.79 Å². The van der Waals surface area contributed by atoms with Crippen LogP contribution in [-0.2, 0) is 0 Å². The van der Waals surface area contributed by atoms with Gasteiger partial charge in [0.1, 0.15) is 17.2 Å². The first kappa shape index (κ1) is 15.6. The van der Waals surface area contributed by atoms with Crippen LogP contribution < -0.4 is 0 Å². The Morgan fingerprint density at radius 2 is 1.67 bits per heavy atom. The van der Waals surface area contributed by atoms with Gasteiger partial charge in [-0.15, -0.1) is 0 Å². The second-order valence-corrected chi connectivity index (χ2v) is 5.99. The van der Waals surface area contributed by atoms with Gasteiger partial charge in [0, 0.05) is 16.1 Å². The van der Waals surface area contributed by atoms with Gasteiger partial charge in [-0.05, 0) is 52.3 Å². The van der Waals surface area contributed by atoms with E-state index < -0.39 is 5.78 Å². The zero-order chi connectivity index (χ0) is 15.6. The van der Waals surface area contributed by atoms with Gasteiger partial charge in [-0.1, -0.05) is 15.9 Å². The number of ketones is 1. The number of carbonyl (C=O) groups excluding carboxylic acids is 1. The van der Waals surface area contributed by atoms with E-state index in [4.69, 9.17) is 0 Å². The summed E-state index contributed by atoms with van der Waals surface area (Å²) in [4.78, 5) is 12.1. The molecule has 2 aromatic carbocycles. The lowest BCUT2D eigenvalue weighted by molar-refractivity contribution is 0.104. The fourth-order valence-electron chi connectivity index (χ4n) is 1.66. The summed E-state index contributed by atoms with van der Waals surface area (Å²) in [6, 6.07) is 7.26. The van der Waals surface area contributed by atoms with Crippen molar-refractivity contribution in [2.24, 2.45) is 0 Å². The number of hydrogen-bond donors (Lipinski definition) is 3. The molecule has 0 fully saturated rings. The second kappa shape index (κ2) is 6.32. The summed E-state index contributed by atoms with van der Waals surface area (Å²) in [5.41, 5.74) is 0.514. The molecule has 2 rings (SSSR count). The van der Waals surface area contributed by atoms with Gasteiger partial charge in [0.05, 0.1) is 10.0 Å². The first-order valence-electron chi connectivity index (χ1n) is 5.81. The van der Waals surface area contributed by atoms with Crippen molar-refractivity contribution < 1.29 is 20.1 Å². The van der Waals surface area contributed by atoms with Gasteiger partial charge in [-0.25, -0.2) is 0 Å². The van der Waals surface area contributed by atoms with Crippen molar-refractivity contribution in [1.82, 2.24) is 0 Å². The number of rotatable bonds is 3. The van der Waals surface area contributed by atoms with Crippen LogP contribution in [0.1, 0.15) is 15.9 Å². The molecular formula is C15H10Br2O4. The Morgan fingerprint density at radius 3 is 2.38 bits per heavy atom. The Balaban J connectivity index is 2.31. The summed E-state index contributed by atoms with van der Waals surface area (Å²) in [5, 5.41) is 28.8. The first-order valence-corrected chi connectivity index (χ1v) is 7.39. The summed E-state index contributed by atoms with van der Waals surface area (Å²) < 4.78 is 1.07. The standard InChI is InChI=1S/C15H10Br2O4/c16-9-2-4-12(18)8(5-9)1-3-13(19)10-6-11(17)15(21)7-14(10)20/h1-7,18,20-21H/b3-1-. The number of halogens is 2. The van der Waals surface area contributed by atoms with Crippen molar-refractivity contribution in [3.8, 4) is 17.2 Å². The van der Waals surface area contributed by atoms with Crippen LogP contribution in [0.3, 0.4) is 0 Å². The Labute approximate surface area is 137 Å². The van der Waals surface area contributed by atoms with E-state index in [-0.39, 0.29) is 22.8 Å². The van der Waals surface area contributed by atoms with Gasteiger partial charge in [0.15, 0.2) is 5.78 Å². The number of phenolic OH excluding ortho intramolecular Hbond substituents is 3. The van der Waals surface area contributed by atoms with Crippen LogP contribution >= 0.6 is 31.9 Å². The molecule has 0 aliphatic rings. The molecule has 0 atom stereocenters. The third kappa shape index (κ3) is 3.65. The molecule has 0 saturated heterocycles. The van der Waals surface area contributed by atoms with Crippen LogP contribution in [0.25, 0.3) is 6.08 Å². The first-order chi connectivity index (χ1) is 9.88. The molecule has 3 N–H and O–H groups in total. The fraction of sp³-hybridized carbons (Fsp3) is 0. The van der Waals surface area contributed by atoms with Crippen LogP contribution in [0, 0.1) is 0 Å². The van der Waals surface area contributed by atoms with E-state index in [1.54, 1.807) is 12.1 Å². The predicted octanol–water partition coefficient (Wildman–Crippen LogP) is 4.22. The van der Waals surface area contributed by atoms with Crippen molar-refractivity contribution in [2.75, 3.05) is 0 Å². The molecule has 0 spiro atoms. The lowest BCUT2D eigenvalue weighted by atomic mass is 10.1. The summed E-state index contributed by atoms with van der Waals surface area (Å²) in [6.07, 6.45) is 2.68. The zero-order valence-electron chi connectivity index (χ0n) is 10.5. The number of allylic oxidation sites excluding steroid dienone is 1. The monoisotopic (exact) mass is 412 g/mol. The number of hydrogen-bond acceptors (Lipinski definition) is 4. The smallest absolute Gasteiger partial charge is 0.189 e. The van der Waals surface area contributed by atoms with Gasteiger partial charge in [-0.2, -0.15) is 0 Å². The van der Waals surface area contributed by atoms with E-state index in [0.717, 1.165) is 10.5 Å². The molecule has 6 heteroatoms. The lowest BCUT2D eigenvalue weighted by Gasteiger charge is -2.04. The summed E-state index contributed by atoms with van der Waals surface area (Å²) in [7, 11) is 0. The molecule has 0 aliphatic carbocycles. The molecule has 0 aromatic heterocycles. The molecule has 4 nitrogen and oxygen atoms in total. The van der Waals surface area contributed by atoms with Crippen molar-refractivity contribution in [1.29, 1.82) is 0 Å². The van der Waals surface area contributed by atoms with E-state index in [0.29, 0.717) is 10.0 Å². The van der Waals surface area contributed by atoms with Crippen molar-refractivity contribution in [3.05, 3.63) is 56.5 Å². The summed E-state index contributed by atoms with van der Waals surface area (Å²) >= 11 is 6.36. The molecular weight excluding hydrogens is 404 g/mol. The Morgan fingerprint density at radius 1 is 0.952 bits per heavy atom. The summed E-state index contributed by atoms with van der Waals surface area (Å²) in [5.74, 6) is -0.882. The number of carbonyl (C=O) groups is 1. The molecule has 0 amide bonds. The third-order valence-electron chi connectivity index (χ3n) is 2.73. The van der Waals surface area contributed by atoms with E-state index in [9.17, 15) is 20.1 Å². The molecule has 0 bridgehead atoms. The zero-order valence-corrected chi connectivity index (χ0v) is 13.7. The van der Waals surface area contributed by atoms with Gasteiger partial charge in [0.25, 0.3) is 0 Å². The maximum absolute atomic E-state index is 12.1. The number of benzene rings is 2. The van der Waals surface area contributed by atoms with Crippen LogP contribution in [0.4, 0.5) is 0 Å². The lowest BCUT2D eigenvalue weighted by Crippen LogP contribution is -1.95. The highest BCUT2D eigenvalue weighted by Gasteiger charge is 2.12. The Kier molecular flexibility index (Phi) is 4.69. The molecule has 2 aromatic rings. The second-order valence-electron chi connectivity index (χ2n) is 4.22. The predicted molar refractivity (Wildman–Crippen MR) is 86.6 cm³/mol. The van der Waals surface area contributed by atoms with E-state index in [1.807, 2.05) is 0 Å². The topological polar surface area (TPSA) is 77.8 Å². The van der Waals surface area contributed by atoms with Crippen LogP contribution in [-0.4, -0.2) is 21.1 Å². The maximum atomic E-state index is 12.1. The van der Waals surface area contributed by atoms with Crippen molar-refractivity contribution >= 4 is 43.7 Å². The molecule has 0 heterocycles. The summed E-state index contributed by atoms with van der Waals surface area (Å²) in [6.45, 7) is 0. The van der Waals surface area contributed by atoms with Crippen LogP contribution in [0.15, 0.2) is 45.4 Å². The number of phenols is 3. The quantitative estimate of drug-likeness (QED) is 0.519. The van der Waals surface area contributed by atoms with Gasteiger partial charge in [0.2, 0.25) is 0 Å².